The van der Waals surface area contributed by atoms with Gasteiger partial charge < -0.3 is 10.1 Å². The fraction of sp³-hybridized carbons (Fsp3) is 0.455. The standard InChI is InChI=1S/C11H16N2O2/c1-14-11-8-12-7-9-5-3-4-6-10(9)13(11)15-2/h3-6,11-12H,7-8H2,1-2H3. The molecule has 0 aromatic heterocycles. The second-order valence-corrected chi connectivity index (χ2v) is 3.46. The molecular formula is C11H16N2O2. The lowest BCUT2D eigenvalue weighted by Crippen LogP contribution is -2.41. The molecule has 0 saturated heterocycles. The first-order chi connectivity index (χ1) is 7.36. The minimum absolute atomic E-state index is 0.0846. The molecular weight excluding hydrogens is 192 g/mol. The number of hydrogen-bond donors (Lipinski definition) is 1. The molecule has 0 aliphatic carbocycles. The van der Waals surface area contributed by atoms with Gasteiger partial charge in [-0.3, -0.25) is 4.84 Å². The van der Waals surface area contributed by atoms with Crippen LogP contribution in [0.15, 0.2) is 24.3 Å². The lowest BCUT2D eigenvalue weighted by Gasteiger charge is -2.28. The van der Waals surface area contributed by atoms with Gasteiger partial charge in [0.1, 0.15) is 0 Å². The Bertz CT molecular complexity index is 330. The number of hydroxylamine groups is 1. The molecule has 1 N–H and O–H groups in total. The van der Waals surface area contributed by atoms with Crippen LogP contribution in [0.1, 0.15) is 5.56 Å². The molecule has 1 atom stereocenters. The van der Waals surface area contributed by atoms with E-state index in [1.54, 1.807) is 19.3 Å². The average Bonchev–Trinajstić information content (AvgIpc) is 2.47. The summed E-state index contributed by atoms with van der Waals surface area (Å²) in [7, 11) is 3.35. The second kappa shape index (κ2) is 4.61. The third kappa shape index (κ3) is 1.97. The van der Waals surface area contributed by atoms with Crippen molar-refractivity contribution in [3.8, 4) is 0 Å². The predicted molar refractivity (Wildman–Crippen MR) is 58.4 cm³/mol. The highest BCUT2D eigenvalue weighted by atomic mass is 16.7. The van der Waals surface area contributed by atoms with Gasteiger partial charge in [0, 0.05) is 20.2 Å². The van der Waals surface area contributed by atoms with Crippen molar-refractivity contribution in [1.29, 1.82) is 0 Å². The third-order valence-electron chi connectivity index (χ3n) is 2.59. The minimum Gasteiger partial charge on any atom is -0.358 e. The maximum atomic E-state index is 5.37. The van der Waals surface area contributed by atoms with Crippen molar-refractivity contribution in [3.05, 3.63) is 29.8 Å². The third-order valence-corrected chi connectivity index (χ3v) is 2.59. The van der Waals surface area contributed by atoms with E-state index in [4.69, 9.17) is 9.57 Å². The zero-order valence-corrected chi connectivity index (χ0v) is 9.06. The number of rotatable bonds is 2. The van der Waals surface area contributed by atoms with Gasteiger partial charge in [0.2, 0.25) is 0 Å². The number of anilines is 1. The van der Waals surface area contributed by atoms with Crippen LogP contribution in [-0.4, -0.2) is 27.0 Å². The molecule has 0 bridgehead atoms. The molecule has 1 aliphatic rings. The van der Waals surface area contributed by atoms with Crippen molar-refractivity contribution in [2.45, 2.75) is 12.8 Å². The number of nitrogens with one attached hydrogen (secondary N) is 1. The van der Waals surface area contributed by atoms with Crippen molar-refractivity contribution in [1.82, 2.24) is 5.32 Å². The van der Waals surface area contributed by atoms with Crippen LogP contribution in [0.25, 0.3) is 0 Å². The summed E-state index contributed by atoms with van der Waals surface area (Å²) in [6, 6.07) is 8.16. The summed E-state index contributed by atoms with van der Waals surface area (Å²) in [6.45, 7) is 1.59. The number of ether oxygens (including phenoxy) is 1. The zero-order chi connectivity index (χ0) is 10.7. The van der Waals surface area contributed by atoms with Crippen molar-refractivity contribution in [2.75, 3.05) is 25.8 Å². The Morgan fingerprint density at radius 3 is 2.87 bits per heavy atom. The highest BCUT2D eigenvalue weighted by molar-refractivity contribution is 5.52. The molecule has 0 saturated carbocycles. The van der Waals surface area contributed by atoms with Gasteiger partial charge in [-0.05, 0) is 11.6 Å². The van der Waals surface area contributed by atoms with Crippen LogP contribution in [0.5, 0.6) is 0 Å². The van der Waals surface area contributed by atoms with E-state index in [-0.39, 0.29) is 6.23 Å². The Labute approximate surface area is 89.7 Å². The van der Waals surface area contributed by atoms with E-state index in [0.717, 1.165) is 18.8 Å². The molecule has 4 heteroatoms. The largest absolute Gasteiger partial charge is 0.358 e. The van der Waals surface area contributed by atoms with Gasteiger partial charge >= 0.3 is 0 Å². The Morgan fingerprint density at radius 1 is 1.33 bits per heavy atom. The summed E-state index contributed by atoms with van der Waals surface area (Å²) in [5.41, 5.74) is 2.29. The molecule has 15 heavy (non-hydrogen) atoms. The van der Waals surface area contributed by atoms with Crippen LogP contribution < -0.4 is 10.4 Å². The van der Waals surface area contributed by atoms with Gasteiger partial charge in [-0.15, -0.1) is 0 Å². The first-order valence-electron chi connectivity index (χ1n) is 5.01. The topological polar surface area (TPSA) is 33.7 Å². The maximum Gasteiger partial charge on any atom is 0.166 e. The monoisotopic (exact) mass is 208 g/mol. The molecule has 82 valence electrons. The summed E-state index contributed by atoms with van der Waals surface area (Å²) in [6.07, 6.45) is -0.0846. The Balaban J connectivity index is 2.36. The summed E-state index contributed by atoms with van der Waals surface area (Å²) >= 11 is 0. The van der Waals surface area contributed by atoms with Gasteiger partial charge in [0.05, 0.1) is 12.8 Å². The van der Waals surface area contributed by atoms with E-state index in [2.05, 4.69) is 11.4 Å². The Hall–Kier alpha value is -1.10. The SMILES string of the molecule is COC1CNCc2ccccc2N1OC. The molecule has 1 unspecified atom stereocenters. The number of hydrogen-bond acceptors (Lipinski definition) is 4. The molecule has 4 nitrogen and oxygen atoms in total. The van der Waals surface area contributed by atoms with Gasteiger partial charge in [0.15, 0.2) is 6.23 Å². The Morgan fingerprint density at radius 2 is 2.13 bits per heavy atom. The van der Waals surface area contributed by atoms with Crippen LogP contribution in [0.4, 0.5) is 5.69 Å². The van der Waals surface area contributed by atoms with E-state index in [9.17, 15) is 0 Å². The molecule has 1 aromatic carbocycles. The highest BCUT2D eigenvalue weighted by Crippen LogP contribution is 2.24. The Kier molecular flexibility index (Phi) is 3.20. The summed E-state index contributed by atoms with van der Waals surface area (Å²) < 4.78 is 5.37. The number of nitrogens with zero attached hydrogens (tertiary/aromatic N) is 1. The zero-order valence-electron chi connectivity index (χ0n) is 9.06. The van der Waals surface area contributed by atoms with Crippen molar-refractivity contribution >= 4 is 5.69 Å². The van der Waals surface area contributed by atoms with E-state index in [1.807, 2.05) is 18.2 Å². The van der Waals surface area contributed by atoms with Gasteiger partial charge in [-0.25, -0.2) is 5.06 Å². The quantitative estimate of drug-likeness (QED) is 0.790. The first kappa shape index (κ1) is 10.4. The molecule has 1 aliphatic heterocycles. The normalized spacial score (nSPS) is 20.9. The molecule has 0 radical (unpaired) electrons. The van der Waals surface area contributed by atoms with E-state index in [0.29, 0.717) is 0 Å². The molecule has 2 rings (SSSR count). The number of methoxy groups -OCH3 is 1. The van der Waals surface area contributed by atoms with Crippen LogP contribution >= 0.6 is 0 Å². The first-order valence-corrected chi connectivity index (χ1v) is 5.01. The van der Waals surface area contributed by atoms with E-state index in [1.165, 1.54) is 5.56 Å². The molecule has 0 spiro atoms. The summed E-state index contributed by atoms with van der Waals surface area (Å²) in [5.74, 6) is 0. The summed E-state index contributed by atoms with van der Waals surface area (Å²) in [5, 5.41) is 5.12. The number of fused-ring (bicyclic) bond motifs is 1. The lowest BCUT2D eigenvalue weighted by atomic mass is 10.2. The van der Waals surface area contributed by atoms with Gasteiger partial charge in [-0.1, -0.05) is 18.2 Å². The second-order valence-electron chi connectivity index (χ2n) is 3.46. The predicted octanol–water partition coefficient (Wildman–Crippen LogP) is 1.13. The number of para-hydroxylation sites is 1. The van der Waals surface area contributed by atoms with Crippen molar-refractivity contribution < 1.29 is 9.57 Å². The molecule has 1 heterocycles. The molecule has 1 aromatic rings. The number of benzene rings is 1. The average molecular weight is 208 g/mol. The maximum absolute atomic E-state index is 5.37. The fourth-order valence-corrected chi connectivity index (χ4v) is 1.84. The van der Waals surface area contributed by atoms with Crippen LogP contribution in [0.2, 0.25) is 0 Å². The molecule has 0 fully saturated rings. The van der Waals surface area contributed by atoms with Crippen molar-refractivity contribution in [2.24, 2.45) is 0 Å². The minimum atomic E-state index is -0.0846. The summed E-state index contributed by atoms with van der Waals surface area (Å²) in [4.78, 5) is 5.37. The molecule has 0 amide bonds. The fourth-order valence-electron chi connectivity index (χ4n) is 1.84. The van der Waals surface area contributed by atoms with Crippen LogP contribution in [0.3, 0.4) is 0 Å². The van der Waals surface area contributed by atoms with Crippen molar-refractivity contribution in [3.63, 3.8) is 0 Å². The smallest absolute Gasteiger partial charge is 0.166 e. The van der Waals surface area contributed by atoms with Gasteiger partial charge in [0.25, 0.3) is 0 Å². The van der Waals surface area contributed by atoms with Crippen LogP contribution in [0, 0.1) is 0 Å². The lowest BCUT2D eigenvalue weighted by molar-refractivity contribution is 0.00663. The van der Waals surface area contributed by atoms with Gasteiger partial charge in [-0.2, -0.15) is 0 Å². The van der Waals surface area contributed by atoms with E-state index < -0.39 is 0 Å². The van der Waals surface area contributed by atoms with E-state index >= 15 is 0 Å². The van der Waals surface area contributed by atoms with Crippen LogP contribution in [-0.2, 0) is 16.1 Å². The highest BCUT2D eigenvalue weighted by Gasteiger charge is 2.23.